The van der Waals surface area contributed by atoms with Crippen LogP contribution in [0.4, 0.5) is 0 Å². The molecule has 0 radical (unpaired) electrons. The molecule has 2 nitrogen and oxygen atoms in total. The van der Waals surface area contributed by atoms with Crippen molar-refractivity contribution in [2.24, 2.45) is 0 Å². The highest BCUT2D eigenvalue weighted by Crippen LogP contribution is 2.31. The minimum atomic E-state index is 0.525. The molecular formula is C12H16Cl3NO. The minimum absolute atomic E-state index is 0.525. The van der Waals surface area contributed by atoms with Crippen molar-refractivity contribution in [3.05, 3.63) is 32.8 Å². The molecule has 0 amide bonds. The van der Waals surface area contributed by atoms with E-state index in [4.69, 9.17) is 39.5 Å². The lowest BCUT2D eigenvalue weighted by Gasteiger charge is -2.09. The van der Waals surface area contributed by atoms with Gasteiger partial charge in [-0.15, -0.1) is 0 Å². The Bertz CT molecular complexity index is 358. The van der Waals surface area contributed by atoms with E-state index in [0.717, 1.165) is 31.7 Å². The second-order valence-electron chi connectivity index (χ2n) is 3.55. The van der Waals surface area contributed by atoms with Crippen molar-refractivity contribution in [3.8, 4) is 0 Å². The summed E-state index contributed by atoms with van der Waals surface area (Å²) in [6, 6.07) is 3.46. The van der Waals surface area contributed by atoms with Crippen LogP contribution in [0.2, 0.25) is 15.1 Å². The zero-order chi connectivity index (χ0) is 12.7. The van der Waals surface area contributed by atoms with Crippen molar-refractivity contribution in [1.29, 1.82) is 0 Å². The van der Waals surface area contributed by atoms with Gasteiger partial charge in [-0.1, -0.05) is 34.8 Å². The molecule has 0 aliphatic rings. The van der Waals surface area contributed by atoms with E-state index in [1.807, 2.05) is 6.92 Å². The van der Waals surface area contributed by atoms with Crippen LogP contribution in [-0.4, -0.2) is 19.8 Å². The number of ether oxygens (including phenoxy) is 1. The fourth-order valence-electron chi connectivity index (χ4n) is 1.39. The van der Waals surface area contributed by atoms with Crippen molar-refractivity contribution in [2.45, 2.75) is 19.9 Å². The Kier molecular flexibility index (Phi) is 7.24. The van der Waals surface area contributed by atoms with Gasteiger partial charge in [0.2, 0.25) is 0 Å². The number of hydrogen-bond acceptors (Lipinski definition) is 2. The van der Waals surface area contributed by atoms with E-state index in [-0.39, 0.29) is 0 Å². The number of rotatable bonds is 7. The molecule has 0 bridgehead atoms. The highest BCUT2D eigenvalue weighted by molar-refractivity contribution is 6.44. The Labute approximate surface area is 117 Å². The Morgan fingerprint density at radius 1 is 1.18 bits per heavy atom. The molecule has 0 unspecified atom stereocenters. The third kappa shape index (κ3) is 5.02. The summed E-state index contributed by atoms with van der Waals surface area (Å²) in [7, 11) is 0. The minimum Gasteiger partial charge on any atom is -0.382 e. The van der Waals surface area contributed by atoms with Crippen LogP contribution in [0.25, 0.3) is 0 Å². The topological polar surface area (TPSA) is 21.3 Å². The fourth-order valence-corrected chi connectivity index (χ4v) is 2.07. The first-order chi connectivity index (χ1) is 8.16. The molecule has 0 fully saturated rings. The standard InChI is InChI=1S/C12H16Cl3NO/c1-2-17-7-3-6-16-8-9-10(13)4-5-11(14)12(9)15/h4-5,16H,2-3,6-8H2,1H3. The molecule has 1 N–H and O–H groups in total. The molecule has 0 atom stereocenters. The predicted octanol–water partition coefficient (Wildman–Crippen LogP) is 4.16. The summed E-state index contributed by atoms with van der Waals surface area (Å²) in [5, 5.41) is 4.95. The Morgan fingerprint density at radius 2 is 1.88 bits per heavy atom. The molecule has 0 spiro atoms. The van der Waals surface area contributed by atoms with E-state index >= 15 is 0 Å². The lowest BCUT2D eigenvalue weighted by atomic mass is 10.2. The number of benzene rings is 1. The summed E-state index contributed by atoms with van der Waals surface area (Å²) in [6.45, 7) is 4.98. The highest BCUT2D eigenvalue weighted by Gasteiger charge is 2.08. The summed E-state index contributed by atoms with van der Waals surface area (Å²) >= 11 is 18.1. The zero-order valence-corrected chi connectivity index (χ0v) is 12.0. The van der Waals surface area contributed by atoms with E-state index in [9.17, 15) is 0 Å². The van der Waals surface area contributed by atoms with E-state index in [1.165, 1.54) is 0 Å². The molecule has 96 valence electrons. The molecule has 1 rings (SSSR count). The quantitative estimate of drug-likeness (QED) is 0.602. The highest BCUT2D eigenvalue weighted by atomic mass is 35.5. The van der Waals surface area contributed by atoms with Gasteiger partial charge < -0.3 is 10.1 Å². The van der Waals surface area contributed by atoms with Gasteiger partial charge in [-0.2, -0.15) is 0 Å². The second-order valence-corrected chi connectivity index (χ2v) is 4.74. The second kappa shape index (κ2) is 8.17. The summed E-state index contributed by atoms with van der Waals surface area (Å²) < 4.78 is 5.24. The average molecular weight is 297 g/mol. The SMILES string of the molecule is CCOCCCNCc1c(Cl)ccc(Cl)c1Cl. The first-order valence-electron chi connectivity index (χ1n) is 5.57. The van der Waals surface area contributed by atoms with Crippen molar-refractivity contribution < 1.29 is 4.74 Å². The van der Waals surface area contributed by atoms with Gasteiger partial charge in [-0.05, 0) is 32.0 Å². The molecule has 0 aromatic heterocycles. The van der Waals surface area contributed by atoms with Gasteiger partial charge >= 0.3 is 0 Å². The van der Waals surface area contributed by atoms with Crippen LogP contribution in [0, 0.1) is 0 Å². The van der Waals surface area contributed by atoms with Crippen molar-refractivity contribution in [3.63, 3.8) is 0 Å². The molecule has 0 aliphatic heterocycles. The summed E-state index contributed by atoms with van der Waals surface area (Å²) in [6.07, 6.45) is 0.962. The maximum atomic E-state index is 6.08. The lowest BCUT2D eigenvalue weighted by molar-refractivity contribution is 0.144. The van der Waals surface area contributed by atoms with E-state index < -0.39 is 0 Å². The van der Waals surface area contributed by atoms with Gasteiger partial charge in [-0.25, -0.2) is 0 Å². The first-order valence-corrected chi connectivity index (χ1v) is 6.71. The average Bonchev–Trinajstić information content (AvgIpc) is 2.32. The van der Waals surface area contributed by atoms with Crippen molar-refractivity contribution >= 4 is 34.8 Å². The van der Waals surface area contributed by atoms with E-state index in [0.29, 0.717) is 21.6 Å². The fraction of sp³-hybridized carbons (Fsp3) is 0.500. The van der Waals surface area contributed by atoms with Gasteiger partial charge in [0.25, 0.3) is 0 Å². The van der Waals surface area contributed by atoms with Crippen LogP contribution >= 0.6 is 34.8 Å². The zero-order valence-electron chi connectivity index (χ0n) is 9.73. The van der Waals surface area contributed by atoms with Gasteiger partial charge in [0.15, 0.2) is 0 Å². The molecule has 0 aliphatic carbocycles. The number of hydrogen-bond donors (Lipinski definition) is 1. The number of halogens is 3. The van der Waals surface area contributed by atoms with Crippen molar-refractivity contribution in [2.75, 3.05) is 19.8 Å². The smallest absolute Gasteiger partial charge is 0.0652 e. The molecule has 5 heteroatoms. The summed E-state index contributed by atoms with van der Waals surface area (Å²) in [5.74, 6) is 0. The summed E-state index contributed by atoms with van der Waals surface area (Å²) in [4.78, 5) is 0. The molecule has 17 heavy (non-hydrogen) atoms. The third-order valence-electron chi connectivity index (χ3n) is 2.29. The molecular weight excluding hydrogens is 280 g/mol. The molecule has 1 aromatic rings. The normalized spacial score (nSPS) is 10.8. The Balaban J connectivity index is 2.39. The van der Waals surface area contributed by atoms with Crippen LogP contribution in [0.1, 0.15) is 18.9 Å². The Morgan fingerprint density at radius 3 is 2.59 bits per heavy atom. The largest absolute Gasteiger partial charge is 0.382 e. The molecule has 1 aromatic carbocycles. The predicted molar refractivity (Wildman–Crippen MR) is 74.3 cm³/mol. The van der Waals surface area contributed by atoms with Crippen LogP contribution in [-0.2, 0) is 11.3 Å². The first kappa shape index (κ1) is 15.1. The van der Waals surface area contributed by atoms with Crippen molar-refractivity contribution in [1.82, 2.24) is 5.32 Å². The maximum absolute atomic E-state index is 6.08. The molecule has 0 saturated carbocycles. The van der Waals surface area contributed by atoms with Gasteiger partial charge in [0.1, 0.15) is 0 Å². The van der Waals surface area contributed by atoms with Crippen LogP contribution in [0.5, 0.6) is 0 Å². The van der Waals surface area contributed by atoms with E-state index in [2.05, 4.69) is 5.32 Å². The van der Waals surface area contributed by atoms with Gasteiger partial charge in [0, 0.05) is 30.3 Å². The van der Waals surface area contributed by atoms with Gasteiger partial charge in [-0.3, -0.25) is 0 Å². The molecule has 0 heterocycles. The van der Waals surface area contributed by atoms with E-state index in [1.54, 1.807) is 12.1 Å². The Hall–Kier alpha value is 0.01000. The molecule has 0 saturated heterocycles. The number of nitrogens with one attached hydrogen (secondary N) is 1. The van der Waals surface area contributed by atoms with Crippen LogP contribution in [0.15, 0.2) is 12.1 Å². The maximum Gasteiger partial charge on any atom is 0.0652 e. The lowest BCUT2D eigenvalue weighted by Crippen LogP contribution is -2.17. The van der Waals surface area contributed by atoms with Crippen LogP contribution in [0.3, 0.4) is 0 Å². The third-order valence-corrected chi connectivity index (χ3v) is 3.48. The van der Waals surface area contributed by atoms with Gasteiger partial charge in [0.05, 0.1) is 10.0 Å². The monoisotopic (exact) mass is 295 g/mol. The summed E-state index contributed by atoms with van der Waals surface area (Å²) in [5.41, 5.74) is 0.845. The van der Waals surface area contributed by atoms with Crippen LogP contribution < -0.4 is 5.32 Å².